The fourth-order valence-electron chi connectivity index (χ4n) is 2.63. The molecule has 4 nitrogen and oxygen atoms in total. The minimum absolute atomic E-state index is 0.0472. The summed E-state index contributed by atoms with van der Waals surface area (Å²) >= 11 is 0. The molecule has 0 spiro atoms. The van der Waals surface area contributed by atoms with Crippen molar-refractivity contribution >= 4 is 6.29 Å². The summed E-state index contributed by atoms with van der Waals surface area (Å²) in [5.74, 6) is 0. The Bertz CT molecular complexity index is 469. The monoisotopic (exact) mass is 287 g/mol. The lowest BCUT2D eigenvalue weighted by Gasteiger charge is -2.20. The van der Waals surface area contributed by atoms with Crippen LogP contribution in [0.15, 0.2) is 30.3 Å². The molecule has 1 aromatic carbocycles. The SMILES string of the molecule is N#CCC1CC[C@H](C[C@@H](CC=O)OCc2ccccc2)O1. The largest absolute Gasteiger partial charge is 0.374 e. The van der Waals surface area contributed by atoms with E-state index in [1.807, 2.05) is 30.3 Å². The Morgan fingerprint density at radius 1 is 1.33 bits per heavy atom. The maximum Gasteiger partial charge on any atom is 0.122 e. The van der Waals surface area contributed by atoms with Gasteiger partial charge in [0.15, 0.2) is 0 Å². The van der Waals surface area contributed by atoms with Crippen LogP contribution in [0.5, 0.6) is 0 Å². The predicted molar refractivity (Wildman–Crippen MR) is 78.4 cm³/mol. The van der Waals surface area contributed by atoms with Crippen LogP contribution in [0.2, 0.25) is 0 Å². The van der Waals surface area contributed by atoms with Gasteiger partial charge in [0, 0.05) is 12.8 Å². The molecule has 0 aromatic heterocycles. The fraction of sp³-hybridized carbons (Fsp3) is 0.529. The Balaban J connectivity index is 1.79. The average Bonchev–Trinajstić information content (AvgIpc) is 2.94. The number of hydrogen-bond acceptors (Lipinski definition) is 4. The summed E-state index contributed by atoms with van der Waals surface area (Å²) in [6, 6.07) is 12.1. The zero-order valence-electron chi connectivity index (χ0n) is 12.1. The molecule has 1 aromatic rings. The molecular weight excluding hydrogens is 266 g/mol. The molecule has 1 fully saturated rings. The van der Waals surface area contributed by atoms with Gasteiger partial charge in [-0.1, -0.05) is 30.3 Å². The zero-order chi connectivity index (χ0) is 14.9. The second-order valence-corrected chi connectivity index (χ2v) is 5.38. The van der Waals surface area contributed by atoms with E-state index in [1.54, 1.807) is 0 Å². The highest BCUT2D eigenvalue weighted by Gasteiger charge is 2.27. The van der Waals surface area contributed by atoms with E-state index in [0.717, 1.165) is 24.7 Å². The van der Waals surface area contributed by atoms with Gasteiger partial charge in [-0.15, -0.1) is 0 Å². The zero-order valence-corrected chi connectivity index (χ0v) is 12.1. The van der Waals surface area contributed by atoms with E-state index in [-0.39, 0.29) is 18.3 Å². The summed E-state index contributed by atoms with van der Waals surface area (Å²) in [7, 11) is 0. The van der Waals surface area contributed by atoms with Gasteiger partial charge in [0.05, 0.1) is 37.4 Å². The van der Waals surface area contributed by atoms with Gasteiger partial charge in [0.25, 0.3) is 0 Å². The highest BCUT2D eigenvalue weighted by atomic mass is 16.5. The van der Waals surface area contributed by atoms with Crippen molar-refractivity contribution in [2.24, 2.45) is 0 Å². The Morgan fingerprint density at radius 3 is 2.81 bits per heavy atom. The van der Waals surface area contributed by atoms with Gasteiger partial charge < -0.3 is 14.3 Å². The van der Waals surface area contributed by atoms with Gasteiger partial charge in [0.1, 0.15) is 6.29 Å². The highest BCUT2D eigenvalue weighted by molar-refractivity contribution is 5.50. The molecule has 4 heteroatoms. The van der Waals surface area contributed by atoms with Crippen molar-refractivity contribution in [3.8, 4) is 6.07 Å². The minimum Gasteiger partial charge on any atom is -0.374 e. The number of nitriles is 1. The molecule has 0 aliphatic carbocycles. The lowest BCUT2D eigenvalue weighted by atomic mass is 10.1. The Kier molecular flexibility index (Phi) is 6.39. The van der Waals surface area contributed by atoms with E-state index < -0.39 is 0 Å². The number of carbonyl (C=O) groups is 1. The minimum atomic E-state index is -0.117. The Hall–Kier alpha value is -1.70. The molecule has 2 rings (SSSR count). The maximum absolute atomic E-state index is 10.8. The molecule has 1 heterocycles. The van der Waals surface area contributed by atoms with E-state index in [2.05, 4.69) is 6.07 Å². The number of aldehydes is 1. The summed E-state index contributed by atoms with van der Waals surface area (Å²) < 4.78 is 11.7. The van der Waals surface area contributed by atoms with E-state index >= 15 is 0 Å². The summed E-state index contributed by atoms with van der Waals surface area (Å²) in [5.41, 5.74) is 1.10. The van der Waals surface area contributed by atoms with Crippen LogP contribution in [0, 0.1) is 11.3 Å². The van der Waals surface area contributed by atoms with Crippen molar-refractivity contribution in [1.82, 2.24) is 0 Å². The lowest BCUT2D eigenvalue weighted by Crippen LogP contribution is -2.22. The number of carbonyl (C=O) groups excluding carboxylic acids is 1. The molecule has 0 radical (unpaired) electrons. The molecule has 0 N–H and O–H groups in total. The van der Waals surface area contributed by atoms with Gasteiger partial charge in [-0.25, -0.2) is 0 Å². The van der Waals surface area contributed by atoms with Gasteiger partial charge in [-0.05, 0) is 18.4 Å². The van der Waals surface area contributed by atoms with Crippen LogP contribution < -0.4 is 0 Å². The molecular formula is C17H21NO3. The third-order valence-electron chi connectivity index (χ3n) is 3.73. The van der Waals surface area contributed by atoms with Crippen LogP contribution in [0.4, 0.5) is 0 Å². The molecule has 3 atom stereocenters. The van der Waals surface area contributed by atoms with Crippen LogP contribution in [0.25, 0.3) is 0 Å². The molecule has 21 heavy (non-hydrogen) atoms. The van der Waals surface area contributed by atoms with Crippen LogP contribution >= 0.6 is 0 Å². The third-order valence-corrected chi connectivity index (χ3v) is 3.73. The van der Waals surface area contributed by atoms with Gasteiger partial charge >= 0.3 is 0 Å². The van der Waals surface area contributed by atoms with Crippen molar-refractivity contribution in [3.05, 3.63) is 35.9 Å². The second-order valence-electron chi connectivity index (χ2n) is 5.38. The molecule has 112 valence electrons. The number of ether oxygens (including phenoxy) is 2. The Labute approximate surface area is 125 Å². The standard InChI is InChI=1S/C17H21NO3/c18-10-8-15-6-7-17(21-15)12-16(9-11-19)20-13-14-4-2-1-3-5-14/h1-5,11,15-17H,6-9,12-13H2/t15?,16-,17-/m1/s1. The van der Waals surface area contributed by atoms with Crippen LogP contribution in [0.3, 0.4) is 0 Å². The van der Waals surface area contributed by atoms with Gasteiger partial charge in [-0.2, -0.15) is 5.26 Å². The van der Waals surface area contributed by atoms with Crippen molar-refractivity contribution in [1.29, 1.82) is 5.26 Å². The average molecular weight is 287 g/mol. The Morgan fingerprint density at radius 2 is 2.10 bits per heavy atom. The van der Waals surface area contributed by atoms with E-state index in [0.29, 0.717) is 25.9 Å². The number of rotatable bonds is 8. The summed E-state index contributed by atoms with van der Waals surface area (Å²) in [6.45, 7) is 0.508. The van der Waals surface area contributed by atoms with E-state index in [1.165, 1.54) is 0 Å². The first-order valence-electron chi connectivity index (χ1n) is 7.43. The quantitative estimate of drug-likeness (QED) is 0.690. The maximum atomic E-state index is 10.8. The number of hydrogen-bond donors (Lipinski definition) is 0. The fourth-order valence-corrected chi connectivity index (χ4v) is 2.63. The molecule has 1 aliphatic heterocycles. The van der Waals surface area contributed by atoms with Crippen molar-refractivity contribution < 1.29 is 14.3 Å². The van der Waals surface area contributed by atoms with Crippen molar-refractivity contribution in [2.75, 3.05) is 0 Å². The molecule has 1 aliphatic rings. The molecule has 0 saturated carbocycles. The first-order valence-corrected chi connectivity index (χ1v) is 7.43. The van der Waals surface area contributed by atoms with Crippen molar-refractivity contribution in [3.63, 3.8) is 0 Å². The predicted octanol–water partition coefficient (Wildman–Crippen LogP) is 3.01. The summed E-state index contributed by atoms with van der Waals surface area (Å²) in [5, 5.41) is 8.69. The topological polar surface area (TPSA) is 59.3 Å². The second kappa shape index (κ2) is 8.56. The number of benzene rings is 1. The van der Waals surface area contributed by atoms with Crippen LogP contribution in [-0.2, 0) is 20.9 Å². The smallest absolute Gasteiger partial charge is 0.122 e. The first kappa shape index (κ1) is 15.7. The van der Waals surface area contributed by atoms with E-state index in [4.69, 9.17) is 14.7 Å². The van der Waals surface area contributed by atoms with E-state index in [9.17, 15) is 4.79 Å². The molecule has 0 bridgehead atoms. The molecule has 1 saturated heterocycles. The summed E-state index contributed by atoms with van der Waals surface area (Å²) in [6.07, 6.45) is 4.34. The lowest BCUT2D eigenvalue weighted by molar-refractivity contribution is -0.111. The highest BCUT2D eigenvalue weighted by Crippen LogP contribution is 2.26. The summed E-state index contributed by atoms with van der Waals surface area (Å²) in [4.78, 5) is 10.8. The molecule has 1 unspecified atom stereocenters. The van der Waals surface area contributed by atoms with Crippen LogP contribution in [-0.4, -0.2) is 24.6 Å². The molecule has 0 amide bonds. The van der Waals surface area contributed by atoms with Crippen molar-refractivity contribution in [2.45, 2.75) is 57.0 Å². The number of nitrogens with zero attached hydrogens (tertiary/aromatic N) is 1. The first-order chi connectivity index (χ1) is 10.3. The van der Waals surface area contributed by atoms with Crippen LogP contribution in [0.1, 0.15) is 37.7 Å². The third kappa shape index (κ3) is 5.30. The van der Waals surface area contributed by atoms with Gasteiger partial charge in [-0.3, -0.25) is 0 Å². The van der Waals surface area contributed by atoms with Gasteiger partial charge in [0.2, 0.25) is 0 Å². The normalized spacial score (nSPS) is 22.6.